The number of nitrogens with one attached hydrogen (secondary N) is 1. The second kappa shape index (κ2) is 8.52. The number of rotatable bonds is 6. The lowest BCUT2D eigenvalue weighted by Crippen LogP contribution is -2.44. The van der Waals surface area contributed by atoms with Gasteiger partial charge in [0.25, 0.3) is 5.71 Å². The van der Waals surface area contributed by atoms with Gasteiger partial charge < -0.3 is 19.5 Å². The molecule has 1 aliphatic heterocycles. The lowest BCUT2D eigenvalue weighted by molar-refractivity contribution is -0.125. The number of methoxy groups -OCH3 is 1. The Labute approximate surface area is 167 Å². The summed E-state index contributed by atoms with van der Waals surface area (Å²) in [5.74, 6) is 0.224. The standard InChI is InChI=1S/C20H22FN5O3/c1-28-10-8-22-19(27)14-3-2-9-26(11-14)18-16-17(13-4-6-15(21)7-5-13)25-29-20(16)24-12-23-18/h4-7,12,14H,2-3,8-11H2,1H3,(H,22,27). The van der Waals surface area contributed by atoms with Crippen LogP contribution in [0, 0.1) is 11.7 Å². The predicted octanol–water partition coefficient (Wildman–Crippen LogP) is 2.40. The molecule has 0 radical (unpaired) electrons. The monoisotopic (exact) mass is 399 g/mol. The molecule has 1 fully saturated rings. The minimum Gasteiger partial charge on any atom is -0.383 e. The molecule has 3 heterocycles. The first-order valence-corrected chi connectivity index (χ1v) is 9.55. The number of aromatic nitrogens is 3. The number of ether oxygens (including phenoxy) is 1. The van der Waals surface area contributed by atoms with Crippen molar-refractivity contribution in [1.29, 1.82) is 0 Å². The van der Waals surface area contributed by atoms with Crippen molar-refractivity contribution in [2.45, 2.75) is 12.8 Å². The maximum Gasteiger partial charge on any atom is 0.263 e. The molecule has 1 amide bonds. The van der Waals surface area contributed by atoms with E-state index in [1.54, 1.807) is 19.2 Å². The van der Waals surface area contributed by atoms with Gasteiger partial charge in [-0.3, -0.25) is 4.79 Å². The molecule has 1 saturated heterocycles. The second-order valence-electron chi connectivity index (χ2n) is 6.98. The lowest BCUT2D eigenvalue weighted by atomic mass is 9.96. The Morgan fingerprint density at radius 2 is 2.17 bits per heavy atom. The van der Waals surface area contributed by atoms with Gasteiger partial charge in [0.2, 0.25) is 5.91 Å². The topological polar surface area (TPSA) is 93.4 Å². The molecule has 2 aromatic heterocycles. The number of piperidine rings is 1. The van der Waals surface area contributed by atoms with Gasteiger partial charge in [0.1, 0.15) is 29.0 Å². The molecule has 1 aromatic carbocycles. The van der Waals surface area contributed by atoms with Crippen molar-refractivity contribution in [3.8, 4) is 11.3 Å². The van der Waals surface area contributed by atoms with Crippen LogP contribution in [0.3, 0.4) is 0 Å². The van der Waals surface area contributed by atoms with Crippen LogP contribution in [-0.4, -0.2) is 54.4 Å². The van der Waals surface area contributed by atoms with E-state index in [2.05, 4.69) is 25.3 Å². The first-order valence-electron chi connectivity index (χ1n) is 9.55. The molecule has 29 heavy (non-hydrogen) atoms. The van der Waals surface area contributed by atoms with Crippen LogP contribution < -0.4 is 10.2 Å². The Bertz CT molecular complexity index is 991. The van der Waals surface area contributed by atoms with Gasteiger partial charge in [-0.1, -0.05) is 5.16 Å². The van der Waals surface area contributed by atoms with Crippen LogP contribution in [0.4, 0.5) is 10.2 Å². The van der Waals surface area contributed by atoms with Crippen LogP contribution >= 0.6 is 0 Å². The van der Waals surface area contributed by atoms with Gasteiger partial charge in [-0.15, -0.1) is 0 Å². The van der Waals surface area contributed by atoms with Crippen molar-refractivity contribution >= 4 is 22.8 Å². The van der Waals surface area contributed by atoms with Gasteiger partial charge in [-0.2, -0.15) is 4.98 Å². The summed E-state index contributed by atoms with van der Waals surface area (Å²) >= 11 is 0. The summed E-state index contributed by atoms with van der Waals surface area (Å²) in [5, 5.41) is 7.71. The van der Waals surface area contributed by atoms with Crippen molar-refractivity contribution in [1.82, 2.24) is 20.4 Å². The van der Waals surface area contributed by atoms with Crippen molar-refractivity contribution in [2.24, 2.45) is 5.92 Å². The van der Waals surface area contributed by atoms with Gasteiger partial charge in [0, 0.05) is 32.3 Å². The van der Waals surface area contributed by atoms with E-state index in [0.717, 1.165) is 19.4 Å². The number of carbonyl (C=O) groups is 1. The number of halogens is 1. The third-order valence-electron chi connectivity index (χ3n) is 5.07. The number of fused-ring (bicyclic) bond motifs is 1. The zero-order chi connectivity index (χ0) is 20.2. The van der Waals surface area contributed by atoms with Gasteiger partial charge in [0.05, 0.1) is 12.5 Å². The summed E-state index contributed by atoms with van der Waals surface area (Å²) in [6.07, 6.45) is 3.11. The van der Waals surface area contributed by atoms with Crippen molar-refractivity contribution in [3.63, 3.8) is 0 Å². The van der Waals surface area contributed by atoms with Gasteiger partial charge in [-0.05, 0) is 37.1 Å². The van der Waals surface area contributed by atoms with Gasteiger partial charge in [-0.25, -0.2) is 9.37 Å². The molecule has 152 valence electrons. The Kier molecular flexibility index (Phi) is 5.66. The van der Waals surface area contributed by atoms with E-state index in [-0.39, 0.29) is 17.6 Å². The molecule has 1 N–H and O–H groups in total. The van der Waals surface area contributed by atoms with E-state index < -0.39 is 0 Å². The molecular formula is C20H22FN5O3. The van der Waals surface area contributed by atoms with E-state index in [0.29, 0.717) is 47.9 Å². The third-order valence-corrected chi connectivity index (χ3v) is 5.07. The smallest absolute Gasteiger partial charge is 0.263 e. The molecule has 0 bridgehead atoms. The van der Waals surface area contributed by atoms with E-state index in [1.807, 2.05) is 0 Å². The van der Waals surface area contributed by atoms with E-state index in [4.69, 9.17) is 9.26 Å². The minimum atomic E-state index is -0.323. The highest BCUT2D eigenvalue weighted by Gasteiger charge is 2.29. The molecule has 3 aromatic rings. The fourth-order valence-electron chi connectivity index (χ4n) is 3.62. The first-order chi connectivity index (χ1) is 14.2. The molecule has 8 nitrogen and oxygen atoms in total. The first kappa shape index (κ1) is 19.3. The van der Waals surface area contributed by atoms with Gasteiger partial charge >= 0.3 is 0 Å². The quantitative estimate of drug-likeness (QED) is 0.636. The fourth-order valence-corrected chi connectivity index (χ4v) is 3.62. The van der Waals surface area contributed by atoms with Crippen LogP contribution in [0.2, 0.25) is 0 Å². The zero-order valence-electron chi connectivity index (χ0n) is 16.1. The largest absolute Gasteiger partial charge is 0.383 e. The number of hydrogen-bond acceptors (Lipinski definition) is 7. The maximum atomic E-state index is 13.3. The highest BCUT2D eigenvalue weighted by Crippen LogP contribution is 2.34. The minimum absolute atomic E-state index is 0.0149. The summed E-state index contributed by atoms with van der Waals surface area (Å²) in [6, 6.07) is 6.04. The second-order valence-corrected chi connectivity index (χ2v) is 6.98. The Balaban J connectivity index is 1.62. The zero-order valence-corrected chi connectivity index (χ0v) is 16.1. The third kappa shape index (κ3) is 4.04. The summed E-state index contributed by atoms with van der Waals surface area (Å²) in [4.78, 5) is 23.2. The molecule has 1 unspecified atom stereocenters. The van der Waals surface area contributed by atoms with E-state index >= 15 is 0 Å². The molecule has 0 spiro atoms. The maximum absolute atomic E-state index is 13.3. The fraction of sp³-hybridized carbons (Fsp3) is 0.400. The summed E-state index contributed by atoms with van der Waals surface area (Å²) in [5.41, 5.74) is 1.63. The highest BCUT2D eigenvalue weighted by atomic mass is 19.1. The molecule has 4 rings (SSSR count). The molecule has 0 aliphatic carbocycles. The van der Waals surface area contributed by atoms with E-state index in [9.17, 15) is 9.18 Å². The molecule has 1 aliphatic rings. The van der Waals surface area contributed by atoms with Crippen LogP contribution in [0.1, 0.15) is 12.8 Å². The molecule has 9 heteroatoms. The van der Waals surface area contributed by atoms with Crippen LogP contribution in [0.5, 0.6) is 0 Å². The van der Waals surface area contributed by atoms with E-state index in [1.165, 1.54) is 18.5 Å². The summed E-state index contributed by atoms with van der Waals surface area (Å²) in [7, 11) is 1.60. The lowest BCUT2D eigenvalue weighted by Gasteiger charge is -2.33. The average Bonchev–Trinajstić information content (AvgIpc) is 3.19. The number of nitrogens with zero attached hydrogens (tertiary/aromatic N) is 4. The Morgan fingerprint density at radius 1 is 1.34 bits per heavy atom. The molecular weight excluding hydrogens is 377 g/mol. The van der Waals surface area contributed by atoms with Crippen LogP contribution in [0.25, 0.3) is 22.4 Å². The summed E-state index contributed by atoms with van der Waals surface area (Å²) < 4.78 is 23.7. The number of carbonyl (C=O) groups excluding carboxylic acids is 1. The average molecular weight is 399 g/mol. The highest BCUT2D eigenvalue weighted by molar-refractivity contribution is 5.98. The van der Waals surface area contributed by atoms with Crippen molar-refractivity contribution in [2.75, 3.05) is 38.3 Å². The SMILES string of the molecule is COCCNC(=O)C1CCCN(c2ncnc3onc(-c4ccc(F)cc4)c23)C1. The molecule has 1 atom stereocenters. The Morgan fingerprint density at radius 3 is 2.97 bits per heavy atom. The van der Waals surface area contributed by atoms with Crippen molar-refractivity contribution < 1.29 is 18.4 Å². The van der Waals surface area contributed by atoms with Crippen LogP contribution in [-0.2, 0) is 9.53 Å². The normalized spacial score (nSPS) is 16.9. The Hall–Kier alpha value is -3.07. The number of anilines is 1. The van der Waals surface area contributed by atoms with Crippen molar-refractivity contribution in [3.05, 3.63) is 36.4 Å². The summed E-state index contributed by atoms with van der Waals surface area (Å²) in [6.45, 7) is 2.28. The number of amides is 1. The van der Waals surface area contributed by atoms with Crippen LogP contribution in [0.15, 0.2) is 35.1 Å². The number of hydrogen-bond donors (Lipinski definition) is 1. The molecule has 0 saturated carbocycles. The predicted molar refractivity (Wildman–Crippen MR) is 105 cm³/mol. The van der Waals surface area contributed by atoms with Gasteiger partial charge in [0.15, 0.2) is 0 Å². The number of benzene rings is 1.